The standard InChI is InChI=1S/C31H21F9/c1-2-3-23(32)30(39)18-6-9-20(25(34)13-18)17-5-8-21(24(33)12-17)19-14-26(35)22(27(36)15-19)7-4-16-10-28(37)31(40)29(38)11-16/h5-6,8-15H,2-4,7H2,1H3/b30-23+. The van der Waals surface area contributed by atoms with Gasteiger partial charge < -0.3 is 0 Å². The fraction of sp³-hybridized carbons (Fsp3) is 0.161. The highest BCUT2D eigenvalue weighted by atomic mass is 19.2. The van der Waals surface area contributed by atoms with Crippen molar-refractivity contribution in [3.8, 4) is 22.3 Å². The van der Waals surface area contributed by atoms with E-state index in [2.05, 4.69) is 0 Å². The molecular formula is C31H21F9. The van der Waals surface area contributed by atoms with Crippen LogP contribution in [0.2, 0.25) is 0 Å². The molecule has 0 atom stereocenters. The molecule has 0 spiro atoms. The van der Waals surface area contributed by atoms with Gasteiger partial charge in [0.05, 0.1) is 0 Å². The van der Waals surface area contributed by atoms with Crippen LogP contribution in [0.1, 0.15) is 36.5 Å². The molecule has 0 radical (unpaired) electrons. The molecule has 0 bridgehead atoms. The largest absolute Gasteiger partial charge is 0.209 e. The summed E-state index contributed by atoms with van der Waals surface area (Å²) in [4.78, 5) is 0. The Bertz CT molecular complexity index is 1560. The van der Waals surface area contributed by atoms with Gasteiger partial charge in [0.15, 0.2) is 23.3 Å². The monoisotopic (exact) mass is 564 g/mol. The summed E-state index contributed by atoms with van der Waals surface area (Å²) < 4.78 is 127. The topological polar surface area (TPSA) is 0 Å². The lowest BCUT2D eigenvalue weighted by molar-refractivity contribution is 0.445. The predicted molar refractivity (Wildman–Crippen MR) is 135 cm³/mol. The summed E-state index contributed by atoms with van der Waals surface area (Å²) in [6, 6.07) is 9.80. The molecule has 0 aliphatic rings. The molecule has 0 unspecified atom stereocenters. The normalized spacial score (nSPS) is 12.1. The van der Waals surface area contributed by atoms with Gasteiger partial charge in [-0.15, -0.1) is 0 Å². The second-order valence-corrected chi connectivity index (χ2v) is 9.15. The lowest BCUT2D eigenvalue weighted by Crippen LogP contribution is -2.02. The molecule has 0 amide bonds. The molecule has 0 fully saturated rings. The molecule has 0 aliphatic heterocycles. The van der Waals surface area contributed by atoms with Gasteiger partial charge in [0.25, 0.3) is 0 Å². The van der Waals surface area contributed by atoms with Crippen molar-refractivity contribution in [1.29, 1.82) is 0 Å². The quantitative estimate of drug-likeness (QED) is 0.148. The average Bonchev–Trinajstić information content (AvgIpc) is 2.90. The molecule has 4 aromatic rings. The van der Waals surface area contributed by atoms with Gasteiger partial charge in [-0.2, -0.15) is 0 Å². The smallest absolute Gasteiger partial charge is 0.194 e. The van der Waals surface area contributed by atoms with Crippen LogP contribution in [0.5, 0.6) is 0 Å². The van der Waals surface area contributed by atoms with Crippen molar-refractivity contribution >= 4 is 5.83 Å². The Balaban J connectivity index is 1.58. The maximum atomic E-state index is 15.0. The van der Waals surface area contributed by atoms with Crippen LogP contribution in [-0.2, 0) is 12.8 Å². The summed E-state index contributed by atoms with van der Waals surface area (Å²) in [5.41, 5.74) is -1.11. The Morgan fingerprint density at radius 1 is 0.575 bits per heavy atom. The minimum Gasteiger partial charge on any atom is -0.209 e. The van der Waals surface area contributed by atoms with Crippen LogP contribution in [0.25, 0.3) is 28.1 Å². The van der Waals surface area contributed by atoms with E-state index in [9.17, 15) is 35.1 Å². The number of hydrogen-bond donors (Lipinski definition) is 0. The first-order valence-corrected chi connectivity index (χ1v) is 12.3. The first-order chi connectivity index (χ1) is 19.0. The van der Waals surface area contributed by atoms with Crippen molar-refractivity contribution in [3.05, 3.63) is 124 Å². The van der Waals surface area contributed by atoms with Crippen LogP contribution in [0, 0.1) is 40.7 Å². The third-order valence-corrected chi connectivity index (χ3v) is 6.37. The summed E-state index contributed by atoms with van der Waals surface area (Å²) in [6.07, 6.45) is -0.282. The minimum atomic E-state index is -1.65. The molecule has 0 saturated heterocycles. The van der Waals surface area contributed by atoms with Crippen LogP contribution in [0.3, 0.4) is 0 Å². The first-order valence-electron chi connectivity index (χ1n) is 12.3. The fourth-order valence-electron chi connectivity index (χ4n) is 4.31. The van der Waals surface area contributed by atoms with E-state index in [1.54, 1.807) is 6.92 Å². The van der Waals surface area contributed by atoms with Gasteiger partial charge in [-0.1, -0.05) is 31.2 Å². The number of aryl methyl sites for hydroxylation is 1. The minimum absolute atomic E-state index is 0.00831. The van der Waals surface area contributed by atoms with E-state index in [4.69, 9.17) is 0 Å². The number of rotatable bonds is 8. The van der Waals surface area contributed by atoms with E-state index in [0.29, 0.717) is 6.42 Å². The van der Waals surface area contributed by atoms with E-state index in [1.807, 2.05) is 0 Å². The van der Waals surface area contributed by atoms with Crippen molar-refractivity contribution in [2.75, 3.05) is 0 Å². The summed E-state index contributed by atoms with van der Waals surface area (Å²) >= 11 is 0. The lowest BCUT2D eigenvalue weighted by Gasteiger charge is -2.12. The van der Waals surface area contributed by atoms with Crippen LogP contribution < -0.4 is 0 Å². The van der Waals surface area contributed by atoms with E-state index in [1.165, 1.54) is 18.2 Å². The average molecular weight is 564 g/mol. The van der Waals surface area contributed by atoms with Crippen molar-refractivity contribution in [1.82, 2.24) is 0 Å². The SMILES string of the molecule is CCC/C(F)=C(\F)c1ccc(-c2ccc(-c3cc(F)c(CCc4cc(F)c(F)c(F)c4)c(F)c3)c(F)c2)c(F)c1. The molecule has 9 heteroatoms. The number of hydrogen-bond acceptors (Lipinski definition) is 0. The summed E-state index contributed by atoms with van der Waals surface area (Å²) in [7, 11) is 0. The predicted octanol–water partition coefficient (Wildman–Crippen LogP) is 10.2. The third kappa shape index (κ3) is 6.08. The van der Waals surface area contributed by atoms with E-state index < -0.39 is 57.9 Å². The lowest BCUT2D eigenvalue weighted by atomic mass is 9.96. The molecule has 208 valence electrons. The Morgan fingerprint density at radius 2 is 1.12 bits per heavy atom. The van der Waals surface area contributed by atoms with Gasteiger partial charge >= 0.3 is 0 Å². The molecule has 40 heavy (non-hydrogen) atoms. The molecule has 4 rings (SSSR count). The highest BCUT2D eigenvalue weighted by Gasteiger charge is 2.18. The Kier molecular flexibility index (Phi) is 8.71. The third-order valence-electron chi connectivity index (χ3n) is 6.37. The van der Waals surface area contributed by atoms with Crippen molar-refractivity contribution in [2.24, 2.45) is 0 Å². The maximum Gasteiger partial charge on any atom is 0.194 e. The van der Waals surface area contributed by atoms with Crippen molar-refractivity contribution < 1.29 is 39.5 Å². The van der Waals surface area contributed by atoms with E-state index in [0.717, 1.165) is 42.5 Å². The van der Waals surface area contributed by atoms with Crippen molar-refractivity contribution in [2.45, 2.75) is 32.6 Å². The van der Waals surface area contributed by atoms with Gasteiger partial charge in [-0.05, 0) is 72.4 Å². The molecule has 0 saturated carbocycles. The van der Waals surface area contributed by atoms with Gasteiger partial charge in [0, 0.05) is 28.7 Å². The summed E-state index contributed by atoms with van der Waals surface area (Å²) in [6.45, 7) is 1.66. The van der Waals surface area contributed by atoms with Gasteiger partial charge in [-0.25, -0.2) is 39.5 Å². The Hall–Kier alpha value is -4.01. The van der Waals surface area contributed by atoms with Crippen LogP contribution >= 0.6 is 0 Å². The Morgan fingerprint density at radius 3 is 1.70 bits per heavy atom. The zero-order valence-electron chi connectivity index (χ0n) is 21.0. The van der Waals surface area contributed by atoms with Crippen LogP contribution in [0.15, 0.2) is 66.5 Å². The molecule has 0 aromatic heterocycles. The zero-order chi connectivity index (χ0) is 29.1. The highest BCUT2D eigenvalue weighted by Crippen LogP contribution is 2.33. The number of allylic oxidation sites excluding steroid dienone is 1. The molecule has 0 aliphatic carbocycles. The van der Waals surface area contributed by atoms with E-state index >= 15 is 4.39 Å². The number of halogens is 9. The zero-order valence-corrected chi connectivity index (χ0v) is 21.0. The Labute approximate surface area is 224 Å². The second-order valence-electron chi connectivity index (χ2n) is 9.15. The van der Waals surface area contributed by atoms with Crippen LogP contribution in [0.4, 0.5) is 39.5 Å². The first kappa shape index (κ1) is 29.0. The summed E-state index contributed by atoms with van der Waals surface area (Å²) in [5, 5.41) is 0. The molecule has 0 nitrogen and oxygen atoms in total. The van der Waals surface area contributed by atoms with Crippen molar-refractivity contribution in [3.63, 3.8) is 0 Å². The van der Waals surface area contributed by atoms with Gasteiger partial charge in [0.2, 0.25) is 0 Å². The molecular weight excluding hydrogens is 543 g/mol. The molecule has 4 aromatic carbocycles. The molecule has 0 heterocycles. The molecule has 0 N–H and O–H groups in total. The van der Waals surface area contributed by atoms with Gasteiger partial charge in [-0.3, -0.25) is 0 Å². The number of benzene rings is 4. The second kappa shape index (κ2) is 12.0. The fourth-order valence-corrected chi connectivity index (χ4v) is 4.31. The maximum absolute atomic E-state index is 15.0. The highest BCUT2D eigenvalue weighted by molar-refractivity contribution is 5.73. The summed E-state index contributed by atoms with van der Waals surface area (Å²) in [5.74, 6) is -10.6. The van der Waals surface area contributed by atoms with E-state index in [-0.39, 0.29) is 52.6 Å². The van der Waals surface area contributed by atoms with Gasteiger partial charge in [0.1, 0.15) is 29.1 Å². The van der Waals surface area contributed by atoms with Crippen LogP contribution in [-0.4, -0.2) is 0 Å².